The van der Waals surface area contributed by atoms with Crippen LogP contribution >= 0.6 is 15.9 Å². The van der Waals surface area contributed by atoms with Gasteiger partial charge in [-0.1, -0.05) is 82.7 Å². The average Bonchev–Trinajstić information content (AvgIpc) is 3.06. The van der Waals surface area contributed by atoms with Crippen molar-refractivity contribution < 1.29 is 19.4 Å². The van der Waals surface area contributed by atoms with E-state index in [1.165, 1.54) is 4.90 Å². The topological polar surface area (TPSA) is 70.1 Å². The van der Waals surface area contributed by atoms with E-state index in [1.807, 2.05) is 66.7 Å². The van der Waals surface area contributed by atoms with E-state index in [9.17, 15) is 14.7 Å². The van der Waals surface area contributed by atoms with E-state index in [4.69, 9.17) is 4.74 Å². The van der Waals surface area contributed by atoms with Gasteiger partial charge in [-0.3, -0.25) is 4.79 Å². The molecule has 1 N–H and O–H groups in total. The molecule has 2 aliphatic heterocycles. The molecule has 2 heterocycles. The van der Waals surface area contributed by atoms with Crippen LogP contribution in [0.4, 0.5) is 16.2 Å². The molecule has 3 aromatic carbocycles. The first-order valence-electron chi connectivity index (χ1n) is 11.6. The number of aliphatic hydroxyl groups is 1. The van der Waals surface area contributed by atoms with Crippen LogP contribution in [0.15, 0.2) is 78.9 Å². The second kappa shape index (κ2) is 8.50. The van der Waals surface area contributed by atoms with E-state index >= 15 is 0 Å². The fourth-order valence-electron chi connectivity index (χ4n) is 5.11. The zero-order valence-electron chi connectivity index (χ0n) is 19.8. The summed E-state index contributed by atoms with van der Waals surface area (Å²) < 4.78 is 5.61. The van der Waals surface area contributed by atoms with Crippen molar-refractivity contribution in [1.82, 2.24) is 0 Å². The molecule has 1 spiro atoms. The molecule has 35 heavy (non-hydrogen) atoms. The average molecular weight is 535 g/mol. The highest BCUT2D eigenvalue weighted by molar-refractivity contribution is 9.09. The van der Waals surface area contributed by atoms with Crippen LogP contribution in [0.5, 0.6) is 0 Å². The van der Waals surface area contributed by atoms with Crippen molar-refractivity contribution in [2.24, 2.45) is 0 Å². The number of ether oxygens (including phenoxy) is 1. The molecule has 7 heteroatoms. The number of aliphatic hydroxyl groups excluding tert-OH is 1. The van der Waals surface area contributed by atoms with Gasteiger partial charge in [-0.15, -0.1) is 0 Å². The van der Waals surface area contributed by atoms with E-state index in [0.29, 0.717) is 17.8 Å². The van der Waals surface area contributed by atoms with Crippen LogP contribution in [0.1, 0.15) is 37.5 Å². The van der Waals surface area contributed by atoms with E-state index in [1.54, 1.807) is 37.8 Å². The fraction of sp³-hybridized carbons (Fsp3) is 0.286. The van der Waals surface area contributed by atoms with E-state index in [-0.39, 0.29) is 5.91 Å². The number of amides is 2. The summed E-state index contributed by atoms with van der Waals surface area (Å²) in [5.74, 6) is -0.153. The van der Waals surface area contributed by atoms with Crippen molar-refractivity contribution in [2.75, 3.05) is 9.80 Å². The molecule has 0 unspecified atom stereocenters. The molecule has 0 aromatic heterocycles. The highest BCUT2D eigenvalue weighted by atomic mass is 79.9. The number of rotatable bonds is 2. The van der Waals surface area contributed by atoms with Crippen LogP contribution in [0.25, 0.3) is 0 Å². The molecule has 0 aliphatic carbocycles. The number of alkyl halides is 1. The van der Waals surface area contributed by atoms with Gasteiger partial charge in [0, 0.05) is 5.69 Å². The summed E-state index contributed by atoms with van der Waals surface area (Å²) in [7, 11) is 0. The lowest BCUT2D eigenvalue weighted by atomic mass is 9.69. The molecule has 2 aliphatic rings. The number of fused-ring (bicyclic) bond motifs is 4. The number of anilines is 2. The Bertz CT molecular complexity index is 1290. The van der Waals surface area contributed by atoms with Crippen molar-refractivity contribution in [3.8, 4) is 0 Å². The monoisotopic (exact) mass is 534 g/mol. The Morgan fingerprint density at radius 3 is 2.11 bits per heavy atom. The highest BCUT2D eigenvalue weighted by Crippen LogP contribution is 2.56. The summed E-state index contributed by atoms with van der Waals surface area (Å²) in [6.07, 6.45) is -2.01. The summed E-state index contributed by atoms with van der Waals surface area (Å²) in [6.45, 7) is 5.72. The largest absolute Gasteiger partial charge is 0.443 e. The quantitative estimate of drug-likeness (QED) is 0.449. The Morgan fingerprint density at radius 2 is 1.49 bits per heavy atom. The van der Waals surface area contributed by atoms with Gasteiger partial charge in [0.1, 0.15) is 11.0 Å². The first kappa shape index (κ1) is 23.6. The number of halogens is 1. The molecule has 0 bridgehead atoms. The summed E-state index contributed by atoms with van der Waals surface area (Å²) in [4.78, 5) is 29.8. The second-order valence-corrected chi connectivity index (χ2v) is 10.9. The van der Waals surface area contributed by atoms with Crippen molar-refractivity contribution in [2.45, 2.75) is 49.4 Å². The third-order valence-electron chi connectivity index (χ3n) is 6.50. The number of carbonyl (C=O) groups excluding carboxylic acids is 2. The van der Waals surface area contributed by atoms with Crippen LogP contribution in [0, 0.1) is 0 Å². The number of hydrogen-bond donors (Lipinski definition) is 1. The Morgan fingerprint density at radius 1 is 0.943 bits per heavy atom. The van der Waals surface area contributed by atoms with E-state index in [2.05, 4.69) is 15.9 Å². The highest BCUT2D eigenvalue weighted by Gasteiger charge is 2.62. The molecule has 0 fully saturated rings. The van der Waals surface area contributed by atoms with Gasteiger partial charge >= 0.3 is 6.09 Å². The molecular weight excluding hydrogens is 508 g/mol. The first-order chi connectivity index (χ1) is 16.7. The van der Waals surface area contributed by atoms with E-state index in [0.717, 1.165) is 16.8 Å². The van der Waals surface area contributed by atoms with Crippen LogP contribution < -0.4 is 9.80 Å². The van der Waals surface area contributed by atoms with Gasteiger partial charge in [0.25, 0.3) is 0 Å². The standard InChI is InChI=1S/C28H27BrN2O4/c1-27(2,3)35-26(34)31-22-16-10-8-14-20(22)28(23(29)24(31)32)19-13-7-9-15-21(19)30(25(28)33)17-18-11-5-4-6-12-18/h4-16,23-24,32H,17H2,1-3H3/t23-,24-,28+/m1/s1. The lowest BCUT2D eigenvalue weighted by Crippen LogP contribution is -2.61. The first-order valence-corrected chi connectivity index (χ1v) is 12.5. The zero-order valence-corrected chi connectivity index (χ0v) is 21.4. The lowest BCUT2D eigenvalue weighted by Gasteiger charge is -2.46. The van der Waals surface area contributed by atoms with Crippen molar-refractivity contribution in [1.29, 1.82) is 0 Å². The van der Waals surface area contributed by atoms with Gasteiger partial charge in [0.05, 0.1) is 17.1 Å². The smallest absolute Gasteiger partial charge is 0.416 e. The third kappa shape index (κ3) is 3.65. The molecule has 2 amide bonds. The van der Waals surface area contributed by atoms with Crippen LogP contribution in [-0.4, -0.2) is 33.8 Å². The minimum absolute atomic E-state index is 0.153. The Hall–Kier alpha value is -3.16. The number of nitrogens with zero attached hydrogens (tertiary/aromatic N) is 2. The van der Waals surface area contributed by atoms with Gasteiger partial charge < -0.3 is 14.7 Å². The normalized spacial score (nSPS) is 23.3. The molecule has 3 aromatic rings. The molecule has 0 radical (unpaired) electrons. The molecule has 180 valence electrons. The van der Waals surface area contributed by atoms with Gasteiger partial charge in [-0.05, 0) is 49.6 Å². The minimum Gasteiger partial charge on any atom is -0.443 e. The summed E-state index contributed by atoms with van der Waals surface area (Å²) in [5, 5.41) is 11.5. The van der Waals surface area contributed by atoms with Gasteiger partial charge in [-0.2, -0.15) is 0 Å². The van der Waals surface area contributed by atoms with Crippen LogP contribution in [0.3, 0.4) is 0 Å². The molecule has 5 rings (SSSR count). The van der Waals surface area contributed by atoms with Gasteiger partial charge in [0.2, 0.25) is 5.91 Å². The van der Waals surface area contributed by atoms with Gasteiger partial charge in [-0.25, -0.2) is 9.69 Å². The summed E-state index contributed by atoms with van der Waals surface area (Å²) in [6, 6.07) is 24.7. The molecule has 0 saturated heterocycles. The Balaban J connectivity index is 1.69. The molecular formula is C28H27BrN2O4. The minimum atomic E-state index is -1.34. The maximum absolute atomic E-state index is 14.4. The molecule has 0 saturated carbocycles. The second-order valence-electron chi connectivity index (χ2n) is 9.88. The third-order valence-corrected chi connectivity index (χ3v) is 7.66. The maximum Gasteiger partial charge on any atom is 0.416 e. The SMILES string of the molecule is CC(C)(C)OC(=O)N1c2ccccc2[C@]2(C(=O)N(Cc3ccccc3)c3ccccc32)[C@H](Br)[C@H]1O. The van der Waals surface area contributed by atoms with Crippen LogP contribution in [-0.2, 0) is 21.5 Å². The Kier molecular flexibility index (Phi) is 5.73. The molecule has 6 nitrogen and oxygen atoms in total. The maximum atomic E-state index is 14.4. The van der Waals surface area contributed by atoms with Crippen molar-refractivity contribution in [3.05, 3.63) is 95.6 Å². The zero-order chi connectivity index (χ0) is 25.0. The summed E-state index contributed by atoms with van der Waals surface area (Å²) >= 11 is 3.67. The van der Waals surface area contributed by atoms with Crippen LogP contribution in [0.2, 0.25) is 0 Å². The van der Waals surface area contributed by atoms with Gasteiger partial charge in [0.15, 0.2) is 6.23 Å². The number of hydrogen-bond acceptors (Lipinski definition) is 4. The molecule has 3 atom stereocenters. The van der Waals surface area contributed by atoms with E-state index < -0.39 is 28.2 Å². The fourth-order valence-corrected chi connectivity index (χ4v) is 6.04. The van der Waals surface area contributed by atoms with Crippen molar-refractivity contribution >= 4 is 39.3 Å². The number of carbonyl (C=O) groups is 2. The predicted molar refractivity (Wildman–Crippen MR) is 139 cm³/mol. The van der Waals surface area contributed by atoms with Crippen molar-refractivity contribution in [3.63, 3.8) is 0 Å². The predicted octanol–water partition coefficient (Wildman–Crippen LogP) is 5.36. The summed E-state index contributed by atoms with van der Waals surface area (Å²) in [5.41, 5.74) is 1.71. The number of para-hydroxylation sites is 2. The Labute approximate surface area is 213 Å². The number of benzene rings is 3. The lowest BCUT2D eigenvalue weighted by molar-refractivity contribution is -0.122.